The van der Waals surface area contributed by atoms with E-state index in [1.165, 1.54) is 4.90 Å². The summed E-state index contributed by atoms with van der Waals surface area (Å²) in [6.07, 6.45) is -0.874. The Bertz CT molecular complexity index is 1130. The molecule has 6 nitrogen and oxygen atoms in total. The molecule has 2 fully saturated rings. The molecule has 0 aliphatic carbocycles. The monoisotopic (exact) mass is 428 g/mol. The van der Waals surface area contributed by atoms with Gasteiger partial charge in [0.05, 0.1) is 24.0 Å². The Morgan fingerprint density at radius 3 is 2.19 bits per heavy atom. The van der Waals surface area contributed by atoms with Crippen molar-refractivity contribution in [3.63, 3.8) is 0 Å². The van der Waals surface area contributed by atoms with E-state index in [4.69, 9.17) is 9.57 Å². The van der Waals surface area contributed by atoms with Crippen LogP contribution in [0.15, 0.2) is 78.9 Å². The molecule has 2 amide bonds. The number of ether oxygens (including phenoxy) is 1. The van der Waals surface area contributed by atoms with Crippen molar-refractivity contribution in [1.29, 1.82) is 0 Å². The summed E-state index contributed by atoms with van der Waals surface area (Å²) in [5, 5.41) is 1.70. The molecule has 5 rings (SSSR count). The van der Waals surface area contributed by atoms with Crippen LogP contribution in [-0.4, -0.2) is 24.5 Å². The molecule has 0 aromatic heterocycles. The molecule has 0 saturated carbocycles. The molecular weight excluding hydrogens is 404 g/mol. The van der Waals surface area contributed by atoms with Crippen molar-refractivity contribution in [2.24, 2.45) is 5.92 Å². The van der Waals surface area contributed by atoms with Crippen LogP contribution in [0.4, 0.5) is 11.4 Å². The van der Waals surface area contributed by atoms with Crippen LogP contribution in [0.3, 0.4) is 0 Å². The molecule has 3 atom stereocenters. The van der Waals surface area contributed by atoms with E-state index in [9.17, 15) is 9.59 Å². The van der Waals surface area contributed by atoms with Gasteiger partial charge in [-0.1, -0.05) is 48.0 Å². The molecule has 2 aliphatic rings. The summed E-state index contributed by atoms with van der Waals surface area (Å²) >= 11 is 0. The lowest BCUT2D eigenvalue weighted by Crippen LogP contribution is -2.37. The third kappa shape index (κ3) is 3.33. The van der Waals surface area contributed by atoms with Crippen molar-refractivity contribution in [1.82, 2.24) is 0 Å². The first kappa shape index (κ1) is 20.3. The number of anilines is 2. The van der Waals surface area contributed by atoms with E-state index in [0.29, 0.717) is 12.3 Å². The third-order valence-electron chi connectivity index (χ3n) is 5.95. The molecule has 0 unspecified atom stereocenters. The number of carbonyl (C=O) groups is 2. The van der Waals surface area contributed by atoms with Crippen molar-refractivity contribution >= 4 is 23.2 Å². The van der Waals surface area contributed by atoms with E-state index in [2.05, 4.69) is 0 Å². The van der Waals surface area contributed by atoms with Crippen molar-refractivity contribution in [3.05, 3.63) is 90.0 Å². The minimum atomic E-state index is -0.874. The van der Waals surface area contributed by atoms with Gasteiger partial charge >= 0.3 is 0 Å². The molecule has 0 N–H and O–H groups in total. The van der Waals surface area contributed by atoms with Crippen LogP contribution >= 0.6 is 0 Å². The Morgan fingerprint density at radius 2 is 1.53 bits per heavy atom. The average molecular weight is 428 g/mol. The molecule has 162 valence electrons. The van der Waals surface area contributed by atoms with Gasteiger partial charge in [0.1, 0.15) is 11.7 Å². The molecular formula is C26H24N2O4. The highest BCUT2D eigenvalue weighted by Gasteiger charge is 2.60. The Morgan fingerprint density at radius 1 is 0.844 bits per heavy atom. The molecule has 0 radical (unpaired) electrons. The second-order valence-electron chi connectivity index (χ2n) is 8.01. The molecule has 6 heteroatoms. The smallest absolute Gasteiger partial charge is 0.266 e. The number of amides is 2. The number of aryl methyl sites for hydroxylation is 1. The first-order valence-corrected chi connectivity index (χ1v) is 10.8. The van der Waals surface area contributed by atoms with E-state index in [0.717, 1.165) is 22.6 Å². The Kier molecular flexibility index (Phi) is 5.15. The summed E-state index contributed by atoms with van der Waals surface area (Å²) in [6, 6.07) is 24.1. The fraction of sp³-hybridized carbons (Fsp3) is 0.231. The van der Waals surface area contributed by atoms with Crippen molar-refractivity contribution < 1.29 is 19.2 Å². The lowest BCUT2D eigenvalue weighted by molar-refractivity contribution is -0.126. The van der Waals surface area contributed by atoms with Crippen LogP contribution in [0.5, 0.6) is 5.75 Å². The summed E-state index contributed by atoms with van der Waals surface area (Å²) < 4.78 is 5.57. The number of fused-ring (bicyclic) bond motifs is 1. The zero-order valence-corrected chi connectivity index (χ0v) is 18.0. The highest BCUT2D eigenvalue weighted by atomic mass is 16.7. The maximum absolute atomic E-state index is 13.6. The number of nitrogens with zero attached hydrogens (tertiary/aromatic N) is 2. The first-order chi connectivity index (χ1) is 15.6. The van der Waals surface area contributed by atoms with Crippen LogP contribution in [0.25, 0.3) is 0 Å². The predicted molar refractivity (Wildman–Crippen MR) is 121 cm³/mol. The van der Waals surface area contributed by atoms with Gasteiger partial charge in [0.25, 0.3) is 5.91 Å². The van der Waals surface area contributed by atoms with Gasteiger partial charge in [0.2, 0.25) is 5.91 Å². The number of hydrogen-bond acceptors (Lipinski definition) is 5. The van der Waals surface area contributed by atoms with Crippen LogP contribution < -0.4 is 14.7 Å². The molecule has 0 spiro atoms. The third-order valence-corrected chi connectivity index (χ3v) is 5.95. The molecule has 2 heterocycles. The standard InChI is InChI=1S/C26H24N2O4/c1-3-31-21-15-11-18(12-16-21)23-22-24(32-28(23)20-7-5-4-6-8-20)26(30)27(25(22)29)19-13-9-17(2)10-14-19/h4-16,22-24H,3H2,1-2H3/t22-,23-,24+/m1/s1. The fourth-order valence-corrected chi connectivity index (χ4v) is 4.43. The number of para-hydroxylation sites is 1. The van der Waals surface area contributed by atoms with Gasteiger partial charge in [0.15, 0.2) is 6.10 Å². The van der Waals surface area contributed by atoms with Crippen LogP contribution in [-0.2, 0) is 14.4 Å². The zero-order valence-electron chi connectivity index (χ0n) is 18.0. The topological polar surface area (TPSA) is 59.1 Å². The van der Waals surface area contributed by atoms with Gasteiger partial charge in [-0.15, -0.1) is 0 Å². The normalized spacial score (nSPS) is 22.4. The van der Waals surface area contributed by atoms with E-state index >= 15 is 0 Å². The number of hydroxylamine groups is 1. The fourth-order valence-electron chi connectivity index (χ4n) is 4.43. The largest absolute Gasteiger partial charge is 0.494 e. The van der Waals surface area contributed by atoms with Crippen molar-refractivity contribution in [2.75, 3.05) is 16.6 Å². The van der Waals surface area contributed by atoms with Crippen molar-refractivity contribution in [3.8, 4) is 5.75 Å². The maximum Gasteiger partial charge on any atom is 0.266 e. The molecule has 0 bridgehead atoms. The number of benzene rings is 3. The first-order valence-electron chi connectivity index (χ1n) is 10.8. The van der Waals surface area contributed by atoms with Gasteiger partial charge in [-0.25, -0.2) is 9.96 Å². The van der Waals surface area contributed by atoms with Crippen molar-refractivity contribution in [2.45, 2.75) is 26.0 Å². The number of hydrogen-bond donors (Lipinski definition) is 0. The molecule has 3 aromatic carbocycles. The molecule has 3 aromatic rings. The lowest BCUT2D eigenvalue weighted by Gasteiger charge is -2.28. The quantitative estimate of drug-likeness (QED) is 0.562. The summed E-state index contributed by atoms with van der Waals surface area (Å²) in [5.74, 6) is -0.477. The second-order valence-corrected chi connectivity index (χ2v) is 8.01. The summed E-state index contributed by atoms with van der Waals surface area (Å²) in [5.41, 5.74) is 3.31. The summed E-state index contributed by atoms with van der Waals surface area (Å²) in [4.78, 5) is 34.3. The second kappa shape index (κ2) is 8.13. The van der Waals surface area contributed by atoms with Crippen LogP contribution in [0.2, 0.25) is 0 Å². The Labute approximate surface area is 186 Å². The summed E-state index contributed by atoms with van der Waals surface area (Å²) in [7, 11) is 0. The van der Waals surface area contributed by atoms with E-state index < -0.39 is 18.1 Å². The average Bonchev–Trinajstić information content (AvgIpc) is 3.32. The van der Waals surface area contributed by atoms with E-state index in [1.807, 2.05) is 80.6 Å². The van der Waals surface area contributed by atoms with Gasteiger partial charge in [-0.05, 0) is 55.8 Å². The Hall–Kier alpha value is -3.64. The van der Waals surface area contributed by atoms with Crippen LogP contribution in [0, 0.1) is 12.8 Å². The lowest BCUT2D eigenvalue weighted by atomic mass is 9.90. The highest BCUT2D eigenvalue weighted by molar-refractivity contribution is 6.23. The minimum absolute atomic E-state index is 0.249. The SMILES string of the molecule is CCOc1ccc([C@@H]2[C@H]3C(=O)N(c4ccc(C)cc4)C(=O)[C@H]3ON2c2ccccc2)cc1. The van der Waals surface area contributed by atoms with Gasteiger partial charge in [-0.3, -0.25) is 14.4 Å². The zero-order chi connectivity index (χ0) is 22.2. The molecule has 2 saturated heterocycles. The van der Waals surface area contributed by atoms with Crippen LogP contribution in [0.1, 0.15) is 24.1 Å². The van der Waals surface area contributed by atoms with E-state index in [-0.39, 0.29) is 11.8 Å². The predicted octanol–water partition coefficient (Wildman–Crippen LogP) is 4.44. The minimum Gasteiger partial charge on any atom is -0.494 e. The molecule has 2 aliphatic heterocycles. The van der Waals surface area contributed by atoms with Gasteiger partial charge in [-0.2, -0.15) is 0 Å². The highest BCUT2D eigenvalue weighted by Crippen LogP contribution is 2.47. The van der Waals surface area contributed by atoms with Gasteiger partial charge in [0, 0.05) is 0 Å². The van der Waals surface area contributed by atoms with E-state index in [1.54, 1.807) is 17.2 Å². The number of carbonyl (C=O) groups excluding carboxylic acids is 2. The number of rotatable bonds is 5. The maximum atomic E-state index is 13.6. The summed E-state index contributed by atoms with van der Waals surface area (Å²) in [6.45, 7) is 4.48. The Balaban J connectivity index is 1.55. The van der Waals surface area contributed by atoms with Gasteiger partial charge < -0.3 is 4.74 Å². The number of imide groups is 1. The molecule has 32 heavy (non-hydrogen) atoms.